The summed E-state index contributed by atoms with van der Waals surface area (Å²) in [6.07, 6.45) is 5.08. The Morgan fingerprint density at radius 2 is 2.44 bits per heavy atom. The van der Waals surface area contributed by atoms with Gasteiger partial charge in [-0.05, 0) is 0 Å². The second-order valence-electron chi connectivity index (χ2n) is 1.81. The molecule has 1 aromatic rings. The Labute approximate surface area is 53.9 Å². The minimum absolute atomic E-state index is 0.0590. The van der Waals surface area contributed by atoms with Gasteiger partial charge in [-0.15, -0.1) is 4.57 Å². The maximum absolute atomic E-state index is 5.00. The maximum atomic E-state index is 5.00. The quantitative estimate of drug-likeness (QED) is 0.549. The molecule has 1 heterocycles. The third kappa shape index (κ3) is 1.29. The van der Waals surface area contributed by atoms with Gasteiger partial charge in [0.15, 0.2) is 6.26 Å². The lowest BCUT2D eigenvalue weighted by atomic mass is 10.6. The summed E-state index contributed by atoms with van der Waals surface area (Å²) in [5.41, 5.74) is 0. The molecule has 0 saturated heterocycles. The number of nitrogens with zero attached hydrogens (tertiary/aromatic N) is 1. The van der Waals surface area contributed by atoms with Crippen molar-refractivity contribution in [2.75, 3.05) is 7.11 Å². The summed E-state index contributed by atoms with van der Waals surface area (Å²) in [5.74, 6) is 0. The van der Waals surface area contributed by atoms with E-state index in [1.54, 1.807) is 19.8 Å². The fourth-order valence-corrected chi connectivity index (χ4v) is 0.575. The second-order valence-corrected chi connectivity index (χ2v) is 1.81. The van der Waals surface area contributed by atoms with Crippen LogP contribution in [-0.4, -0.2) is 7.11 Å². The lowest BCUT2D eigenvalue weighted by molar-refractivity contribution is -0.759. The average Bonchev–Trinajstić information content (AvgIpc) is 2.37. The molecule has 0 aliphatic carbocycles. The first kappa shape index (κ1) is 6.29. The number of ether oxygens (including phenoxy) is 1. The van der Waals surface area contributed by atoms with Gasteiger partial charge in [0.1, 0.15) is 0 Å². The van der Waals surface area contributed by atoms with Crippen LogP contribution in [0.3, 0.4) is 0 Å². The molecule has 0 spiro atoms. The summed E-state index contributed by atoms with van der Waals surface area (Å²) >= 11 is 0. The minimum Gasteiger partial charge on any atom is -0.412 e. The number of hydrogen-bond acceptors (Lipinski definition) is 2. The van der Waals surface area contributed by atoms with Gasteiger partial charge in [-0.1, -0.05) is 0 Å². The molecule has 9 heavy (non-hydrogen) atoms. The molecule has 3 nitrogen and oxygen atoms in total. The van der Waals surface area contributed by atoms with Crippen LogP contribution in [0.4, 0.5) is 0 Å². The van der Waals surface area contributed by atoms with Gasteiger partial charge in [0.2, 0.25) is 6.20 Å². The van der Waals surface area contributed by atoms with Crippen molar-refractivity contribution in [1.29, 1.82) is 0 Å². The van der Waals surface area contributed by atoms with Crippen LogP contribution in [0.1, 0.15) is 13.2 Å². The van der Waals surface area contributed by atoms with Gasteiger partial charge >= 0.3 is 6.39 Å². The van der Waals surface area contributed by atoms with Crippen LogP contribution in [0.2, 0.25) is 0 Å². The third-order valence-electron chi connectivity index (χ3n) is 1.26. The van der Waals surface area contributed by atoms with Crippen LogP contribution in [-0.2, 0) is 4.74 Å². The highest BCUT2D eigenvalue weighted by Gasteiger charge is 2.09. The highest BCUT2D eigenvalue weighted by atomic mass is 16.5. The van der Waals surface area contributed by atoms with Crippen molar-refractivity contribution in [2.45, 2.75) is 13.2 Å². The highest BCUT2D eigenvalue weighted by molar-refractivity contribution is 4.47. The maximum Gasteiger partial charge on any atom is 0.336 e. The number of oxazole rings is 1. The van der Waals surface area contributed by atoms with Crippen molar-refractivity contribution in [3.8, 4) is 0 Å². The summed E-state index contributed by atoms with van der Waals surface area (Å²) in [5, 5.41) is 0. The number of aromatic nitrogens is 1. The van der Waals surface area contributed by atoms with E-state index in [0.29, 0.717) is 0 Å². The topological polar surface area (TPSA) is 26.2 Å². The molecule has 0 aromatic carbocycles. The van der Waals surface area contributed by atoms with Crippen molar-refractivity contribution < 1.29 is 13.7 Å². The normalized spacial score (nSPS) is 13.6. The Morgan fingerprint density at radius 1 is 1.67 bits per heavy atom. The number of hydrogen-bond donors (Lipinski definition) is 0. The largest absolute Gasteiger partial charge is 0.412 e. The molecule has 0 radical (unpaired) electrons. The molecule has 3 heteroatoms. The van der Waals surface area contributed by atoms with Crippen molar-refractivity contribution >= 4 is 0 Å². The molecule has 1 unspecified atom stereocenters. The molecule has 1 rings (SSSR count). The first-order valence-electron chi connectivity index (χ1n) is 2.80. The highest BCUT2D eigenvalue weighted by Crippen LogP contribution is 1.92. The molecular weight excluding hydrogens is 118 g/mol. The zero-order valence-corrected chi connectivity index (χ0v) is 5.57. The predicted molar refractivity (Wildman–Crippen MR) is 30.6 cm³/mol. The first-order chi connectivity index (χ1) is 4.34. The number of methoxy groups -OCH3 is 1. The van der Waals surface area contributed by atoms with Crippen LogP contribution in [0.5, 0.6) is 0 Å². The zero-order valence-electron chi connectivity index (χ0n) is 5.57. The molecule has 0 aliphatic rings. The second kappa shape index (κ2) is 2.64. The van der Waals surface area contributed by atoms with E-state index in [9.17, 15) is 0 Å². The molecular formula is C6H10NO2+. The van der Waals surface area contributed by atoms with E-state index in [-0.39, 0.29) is 6.23 Å². The zero-order chi connectivity index (χ0) is 6.69. The molecule has 0 amide bonds. The van der Waals surface area contributed by atoms with Crippen LogP contribution in [0.15, 0.2) is 23.3 Å². The molecule has 0 fully saturated rings. The number of rotatable bonds is 2. The van der Waals surface area contributed by atoms with Crippen molar-refractivity contribution in [3.05, 3.63) is 18.9 Å². The van der Waals surface area contributed by atoms with Crippen LogP contribution < -0.4 is 4.57 Å². The molecule has 1 atom stereocenters. The van der Waals surface area contributed by atoms with Gasteiger partial charge in [-0.3, -0.25) is 0 Å². The summed E-state index contributed by atoms with van der Waals surface area (Å²) in [6.45, 7) is 1.94. The van der Waals surface area contributed by atoms with Gasteiger partial charge < -0.3 is 9.15 Å². The average molecular weight is 128 g/mol. The third-order valence-corrected chi connectivity index (χ3v) is 1.26. The van der Waals surface area contributed by atoms with E-state index in [1.165, 1.54) is 0 Å². The standard InChI is InChI=1S/C6H10NO2/c1-6(8-2)7-3-4-9-5-7/h3-6H,1-2H3/q+1. The van der Waals surface area contributed by atoms with Crippen LogP contribution in [0.25, 0.3) is 0 Å². The Kier molecular flexibility index (Phi) is 1.85. The smallest absolute Gasteiger partial charge is 0.336 e. The Balaban J connectivity index is 2.65. The first-order valence-corrected chi connectivity index (χ1v) is 2.80. The summed E-state index contributed by atoms with van der Waals surface area (Å²) < 4.78 is 11.7. The van der Waals surface area contributed by atoms with Gasteiger partial charge in [0.05, 0.1) is 0 Å². The predicted octanol–water partition coefficient (Wildman–Crippen LogP) is 0.732. The molecule has 0 aliphatic heterocycles. The van der Waals surface area contributed by atoms with Crippen LogP contribution in [0, 0.1) is 0 Å². The summed E-state index contributed by atoms with van der Waals surface area (Å²) in [7, 11) is 1.66. The van der Waals surface area contributed by atoms with E-state index < -0.39 is 0 Å². The summed E-state index contributed by atoms with van der Waals surface area (Å²) in [6, 6.07) is 0. The fourth-order valence-electron chi connectivity index (χ4n) is 0.575. The fraction of sp³-hybridized carbons (Fsp3) is 0.500. The van der Waals surface area contributed by atoms with Crippen molar-refractivity contribution in [1.82, 2.24) is 0 Å². The SMILES string of the molecule is COC(C)[n+]1ccoc1. The monoisotopic (exact) mass is 128 g/mol. The molecule has 0 saturated carbocycles. The van der Waals surface area contributed by atoms with Gasteiger partial charge in [0, 0.05) is 14.0 Å². The Bertz CT molecular complexity index is 160. The van der Waals surface area contributed by atoms with E-state index in [1.807, 2.05) is 17.7 Å². The van der Waals surface area contributed by atoms with Gasteiger partial charge in [-0.2, -0.15) is 0 Å². The Hall–Kier alpha value is -0.830. The lowest BCUT2D eigenvalue weighted by Crippen LogP contribution is -2.35. The van der Waals surface area contributed by atoms with Crippen LogP contribution >= 0.6 is 0 Å². The van der Waals surface area contributed by atoms with Crippen molar-refractivity contribution in [3.63, 3.8) is 0 Å². The summed E-state index contributed by atoms with van der Waals surface area (Å²) in [4.78, 5) is 0. The van der Waals surface area contributed by atoms with E-state index in [2.05, 4.69) is 0 Å². The molecule has 1 aromatic heterocycles. The van der Waals surface area contributed by atoms with E-state index in [0.717, 1.165) is 0 Å². The minimum atomic E-state index is 0.0590. The lowest BCUT2D eigenvalue weighted by Gasteiger charge is -1.97. The van der Waals surface area contributed by atoms with E-state index >= 15 is 0 Å². The van der Waals surface area contributed by atoms with Gasteiger partial charge in [0.25, 0.3) is 6.23 Å². The van der Waals surface area contributed by atoms with Crippen molar-refractivity contribution in [2.24, 2.45) is 0 Å². The molecule has 0 bridgehead atoms. The molecule has 50 valence electrons. The van der Waals surface area contributed by atoms with E-state index in [4.69, 9.17) is 9.15 Å². The molecule has 0 N–H and O–H groups in total. The van der Waals surface area contributed by atoms with Gasteiger partial charge in [-0.25, -0.2) is 0 Å². The Morgan fingerprint density at radius 3 is 2.89 bits per heavy atom.